The Hall–Kier alpha value is -4.99. The molecule has 0 aliphatic carbocycles. The van der Waals surface area contributed by atoms with Gasteiger partial charge in [-0.05, 0) is 65.9 Å². The second-order valence-corrected chi connectivity index (χ2v) is 13.4. The summed E-state index contributed by atoms with van der Waals surface area (Å²) < 4.78 is 4.10. The molecule has 2 aromatic heterocycles. The van der Waals surface area contributed by atoms with Gasteiger partial charge in [0.2, 0.25) is 0 Å². The van der Waals surface area contributed by atoms with Crippen LogP contribution in [0.3, 0.4) is 0 Å². The molecule has 0 bridgehead atoms. The van der Waals surface area contributed by atoms with Crippen LogP contribution in [0.1, 0.15) is 41.7 Å². The Balaban J connectivity index is 0.00000378. The van der Waals surface area contributed by atoms with Gasteiger partial charge in [0.15, 0.2) is 0 Å². The normalized spacial score (nSPS) is 13.1. The van der Waals surface area contributed by atoms with E-state index in [9.17, 15) is 0 Å². The van der Waals surface area contributed by atoms with E-state index in [0.717, 1.165) is 51.0 Å². The van der Waals surface area contributed by atoms with Gasteiger partial charge < -0.3 is 9.47 Å². The van der Waals surface area contributed by atoms with Crippen LogP contribution in [0.15, 0.2) is 116 Å². The first-order chi connectivity index (χ1) is 23.2. The van der Waals surface area contributed by atoms with Crippen LogP contribution >= 0.6 is 0 Å². The van der Waals surface area contributed by atoms with Crippen LogP contribution in [-0.4, -0.2) is 19.3 Å². The monoisotopic (exact) mass is 818 g/mol. The Morgan fingerprint density at radius 3 is 2.20 bits per heavy atom. The standard InChI is InChI=1S/C43H37N5.Pt/c1-28-23-29(2)40(30(3)24-28)41-35(31-13-8-7-9-14-31)27-45-48(41)34-19-20-37-39(26-34)47(38-18-11-10-17-36(38)43(37,4)5)33-16-12-15-32(25-33)42-44-21-22-46(42)6;/h7-24,27H,1-6H3;/q-2;+2. The van der Waals surface area contributed by atoms with Gasteiger partial charge in [-0.3, -0.25) is 9.67 Å². The van der Waals surface area contributed by atoms with Crippen molar-refractivity contribution in [2.45, 2.75) is 40.0 Å². The van der Waals surface area contributed by atoms with Gasteiger partial charge in [-0.1, -0.05) is 85.8 Å². The molecule has 0 amide bonds. The van der Waals surface area contributed by atoms with Gasteiger partial charge in [-0.25, -0.2) is 0 Å². The molecule has 49 heavy (non-hydrogen) atoms. The van der Waals surface area contributed by atoms with Crippen molar-refractivity contribution in [2.24, 2.45) is 7.05 Å². The molecule has 5 aromatic carbocycles. The quantitative estimate of drug-likeness (QED) is 0.163. The summed E-state index contributed by atoms with van der Waals surface area (Å²) in [4.78, 5) is 6.92. The number of para-hydroxylation sites is 1. The van der Waals surface area contributed by atoms with Crippen molar-refractivity contribution in [3.63, 3.8) is 0 Å². The Labute approximate surface area is 303 Å². The Bertz CT molecular complexity index is 2310. The Morgan fingerprint density at radius 2 is 1.47 bits per heavy atom. The third-order valence-corrected chi connectivity index (χ3v) is 9.70. The molecule has 1 aliphatic heterocycles. The summed E-state index contributed by atoms with van der Waals surface area (Å²) in [6.07, 6.45) is 5.79. The van der Waals surface area contributed by atoms with E-state index >= 15 is 0 Å². The summed E-state index contributed by atoms with van der Waals surface area (Å²) in [5.74, 6) is 0.874. The molecule has 0 fully saturated rings. The van der Waals surface area contributed by atoms with Crippen molar-refractivity contribution in [1.82, 2.24) is 19.3 Å². The van der Waals surface area contributed by atoms with E-state index < -0.39 is 0 Å². The molecular formula is C43H37N5Pt. The number of aromatic nitrogens is 4. The molecule has 0 radical (unpaired) electrons. The largest absolute Gasteiger partial charge is 2.00 e. The maximum absolute atomic E-state index is 5.08. The van der Waals surface area contributed by atoms with Gasteiger partial charge in [0.1, 0.15) is 0 Å². The van der Waals surface area contributed by atoms with Crippen LogP contribution in [-0.2, 0) is 33.5 Å². The van der Waals surface area contributed by atoms with Gasteiger partial charge in [-0.15, -0.1) is 47.5 Å². The Kier molecular flexibility index (Phi) is 8.29. The summed E-state index contributed by atoms with van der Waals surface area (Å²) in [6.45, 7) is 11.2. The van der Waals surface area contributed by atoms with Gasteiger partial charge in [0, 0.05) is 36.3 Å². The maximum Gasteiger partial charge on any atom is 2.00 e. The van der Waals surface area contributed by atoms with E-state index in [1.54, 1.807) is 0 Å². The van der Waals surface area contributed by atoms with Gasteiger partial charge >= 0.3 is 21.1 Å². The van der Waals surface area contributed by atoms with Gasteiger partial charge in [0.25, 0.3) is 0 Å². The van der Waals surface area contributed by atoms with Gasteiger partial charge in [0.05, 0.1) is 17.7 Å². The number of nitrogens with zero attached hydrogens (tertiary/aromatic N) is 5. The average Bonchev–Trinajstić information content (AvgIpc) is 3.71. The molecule has 5 nitrogen and oxygen atoms in total. The fourth-order valence-corrected chi connectivity index (χ4v) is 7.49. The fraction of sp³-hybridized carbons (Fsp3) is 0.163. The molecule has 0 N–H and O–H groups in total. The van der Waals surface area contributed by atoms with Crippen LogP contribution in [0.2, 0.25) is 0 Å². The molecule has 0 saturated carbocycles. The molecule has 7 aromatic rings. The second kappa shape index (κ2) is 12.5. The first-order valence-electron chi connectivity index (χ1n) is 16.4. The number of benzene rings is 5. The first kappa shape index (κ1) is 32.6. The van der Waals surface area contributed by atoms with E-state index in [0.29, 0.717) is 0 Å². The molecule has 1 aliphatic rings. The fourth-order valence-electron chi connectivity index (χ4n) is 7.49. The molecule has 8 rings (SSSR count). The van der Waals surface area contributed by atoms with E-state index in [1.807, 2.05) is 30.2 Å². The van der Waals surface area contributed by atoms with Crippen molar-refractivity contribution in [2.75, 3.05) is 4.90 Å². The number of hydrogen-bond donors (Lipinski definition) is 0. The summed E-state index contributed by atoms with van der Waals surface area (Å²) in [7, 11) is 2.01. The number of rotatable bonds is 5. The number of anilines is 3. The van der Waals surface area contributed by atoms with Crippen molar-refractivity contribution < 1.29 is 21.1 Å². The number of hydrogen-bond acceptors (Lipinski definition) is 3. The van der Waals surface area contributed by atoms with E-state index in [4.69, 9.17) is 5.10 Å². The van der Waals surface area contributed by atoms with Crippen LogP contribution in [0.5, 0.6) is 0 Å². The smallest absolute Gasteiger partial charge is 0.373 e. The zero-order valence-corrected chi connectivity index (χ0v) is 30.8. The predicted molar refractivity (Wildman–Crippen MR) is 195 cm³/mol. The molecule has 0 spiro atoms. The van der Waals surface area contributed by atoms with Gasteiger partial charge in [-0.2, -0.15) is 11.2 Å². The Morgan fingerprint density at radius 1 is 0.735 bits per heavy atom. The first-order valence-corrected chi connectivity index (χ1v) is 16.4. The minimum absolute atomic E-state index is 0. The predicted octanol–water partition coefficient (Wildman–Crippen LogP) is 10.2. The van der Waals surface area contributed by atoms with Crippen LogP contribution in [0.25, 0.3) is 39.5 Å². The molecule has 6 heteroatoms. The van der Waals surface area contributed by atoms with Crippen molar-refractivity contribution in [1.29, 1.82) is 0 Å². The van der Waals surface area contributed by atoms with Crippen molar-refractivity contribution >= 4 is 17.1 Å². The number of imidazole rings is 1. The summed E-state index contributed by atoms with van der Waals surface area (Å²) >= 11 is 0. The molecule has 244 valence electrons. The van der Waals surface area contributed by atoms with Crippen LogP contribution < -0.4 is 4.90 Å². The molecule has 3 heterocycles. The third-order valence-electron chi connectivity index (χ3n) is 9.70. The molecular weight excluding hydrogens is 782 g/mol. The average molecular weight is 819 g/mol. The van der Waals surface area contributed by atoms with Crippen LogP contribution in [0.4, 0.5) is 17.1 Å². The van der Waals surface area contributed by atoms with Crippen LogP contribution in [0, 0.1) is 32.9 Å². The number of aryl methyl sites for hydroxylation is 4. The number of fused-ring (bicyclic) bond motifs is 2. The summed E-state index contributed by atoms with van der Waals surface area (Å²) in [6, 6.07) is 42.1. The maximum atomic E-state index is 5.08. The molecule has 0 unspecified atom stereocenters. The minimum atomic E-state index is -0.249. The summed E-state index contributed by atoms with van der Waals surface area (Å²) in [5.41, 5.74) is 15.3. The third kappa shape index (κ3) is 5.37. The molecule has 0 saturated heterocycles. The topological polar surface area (TPSA) is 38.9 Å². The van der Waals surface area contributed by atoms with E-state index in [-0.39, 0.29) is 26.5 Å². The van der Waals surface area contributed by atoms with E-state index in [2.05, 4.69) is 158 Å². The zero-order chi connectivity index (χ0) is 33.2. The van der Waals surface area contributed by atoms with Crippen molar-refractivity contribution in [3.8, 4) is 39.5 Å². The minimum Gasteiger partial charge on any atom is -0.373 e. The van der Waals surface area contributed by atoms with Crippen molar-refractivity contribution in [3.05, 3.63) is 156 Å². The summed E-state index contributed by atoms with van der Waals surface area (Å²) in [5, 5.41) is 5.08. The van der Waals surface area contributed by atoms with E-state index in [1.165, 1.54) is 33.4 Å². The zero-order valence-electron chi connectivity index (χ0n) is 28.5. The molecule has 0 atom stereocenters. The second-order valence-electron chi connectivity index (χ2n) is 13.4. The SMILES string of the molecule is Cc1cc(C)c(-c2c(-c3ccccc3)cnn2-c2[c-]c3c(cc2)C(C)(C)c2ccccc2N3c2[c-]c(-c3nccn3C)ccc2)c(C)c1.[Pt+2].